The summed E-state index contributed by atoms with van der Waals surface area (Å²) < 4.78 is 1.07. The number of thiophene rings is 1. The van der Waals surface area contributed by atoms with E-state index in [1.807, 2.05) is 11.4 Å². The summed E-state index contributed by atoms with van der Waals surface area (Å²) in [6.45, 7) is 0.557. The largest absolute Gasteiger partial charge is 0.350 e. The molecule has 3 nitrogen and oxygen atoms in total. The van der Waals surface area contributed by atoms with Crippen molar-refractivity contribution in [3.05, 3.63) is 20.8 Å². The Morgan fingerprint density at radius 2 is 2.43 bits per heavy atom. The second-order valence-electron chi connectivity index (χ2n) is 3.56. The predicted molar refractivity (Wildman–Crippen MR) is 60.0 cm³/mol. The minimum atomic E-state index is -0.567. The summed E-state index contributed by atoms with van der Waals surface area (Å²) in [4.78, 5) is 11.5. The molecule has 1 aliphatic rings. The summed E-state index contributed by atoms with van der Waals surface area (Å²) in [5.74, 6) is -0.0319. The summed E-state index contributed by atoms with van der Waals surface area (Å²) in [6.07, 6.45) is 1.62. The fraction of sp³-hybridized carbons (Fsp3) is 0.444. The van der Waals surface area contributed by atoms with Gasteiger partial charge in [0.25, 0.3) is 0 Å². The van der Waals surface area contributed by atoms with Crippen molar-refractivity contribution in [2.75, 3.05) is 0 Å². The molecule has 2 rings (SSSR count). The van der Waals surface area contributed by atoms with Crippen molar-refractivity contribution in [2.24, 2.45) is 5.73 Å². The minimum absolute atomic E-state index is 0.0319. The van der Waals surface area contributed by atoms with Gasteiger partial charge in [-0.2, -0.15) is 0 Å². The number of hydrogen-bond donors (Lipinski definition) is 2. The van der Waals surface area contributed by atoms with Crippen molar-refractivity contribution in [2.45, 2.75) is 24.9 Å². The van der Waals surface area contributed by atoms with E-state index in [1.165, 1.54) is 0 Å². The highest BCUT2D eigenvalue weighted by atomic mass is 79.9. The van der Waals surface area contributed by atoms with Crippen LogP contribution in [0.2, 0.25) is 0 Å². The third-order valence-electron chi connectivity index (χ3n) is 2.37. The van der Waals surface area contributed by atoms with E-state index in [9.17, 15) is 4.79 Å². The number of amides is 1. The highest BCUT2D eigenvalue weighted by Gasteiger charge is 2.45. The SMILES string of the molecule is NC1(C(=O)NCc2ccsc2Br)CC1. The molecule has 0 aliphatic heterocycles. The molecule has 5 heteroatoms. The van der Waals surface area contributed by atoms with Crippen LogP contribution in [0.1, 0.15) is 18.4 Å². The van der Waals surface area contributed by atoms with Crippen molar-refractivity contribution >= 4 is 33.2 Å². The van der Waals surface area contributed by atoms with Crippen LogP contribution in [0.25, 0.3) is 0 Å². The van der Waals surface area contributed by atoms with Gasteiger partial charge in [-0.1, -0.05) is 0 Å². The van der Waals surface area contributed by atoms with Crippen LogP contribution in [0.3, 0.4) is 0 Å². The van der Waals surface area contributed by atoms with Crippen LogP contribution in [0.15, 0.2) is 15.2 Å². The lowest BCUT2D eigenvalue weighted by molar-refractivity contribution is -0.123. The molecule has 0 atom stereocenters. The van der Waals surface area contributed by atoms with Crippen LogP contribution >= 0.6 is 27.3 Å². The van der Waals surface area contributed by atoms with E-state index in [0.29, 0.717) is 6.54 Å². The van der Waals surface area contributed by atoms with Gasteiger partial charge in [-0.25, -0.2) is 0 Å². The van der Waals surface area contributed by atoms with Gasteiger partial charge in [-0.05, 0) is 45.8 Å². The first kappa shape index (κ1) is 10.1. The molecule has 1 amide bonds. The molecular weight excluding hydrogens is 264 g/mol. The lowest BCUT2D eigenvalue weighted by Crippen LogP contribution is -2.42. The first-order valence-electron chi connectivity index (χ1n) is 4.41. The number of carbonyl (C=O) groups is 1. The number of carbonyl (C=O) groups excluding carboxylic acids is 1. The fourth-order valence-electron chi connectivity index (χ4n) is 1.16. The Morgan fingerprint density at radius 3 is 2.93 bits per heavy atom. The number of hydrogen-bond acceptors (Lipinski definition) is 3. The Morgan fingerprint density at radius 1 is 1.71 bits per heavy atom. The number of rotatable bonds is 3. The summed E-state index contributed by atoms with van der Waals surface area (Å²) in [7, 11) is 0. The van der Waals surface area contributed by atoms with E-state index >= 15 is 0 Å². The van der Waals surface area contributed by atoms with Crippen molar-refractivity contribution < 1.29 is 4.79 Å². The van der Waals surface area contributed by atoms with E-state index < -0.39 is 5.54 Å². The van der Waals surface area contributed by atoms with E-state index in [2.05, 4.69) is 21.2 Å². The van der Waals surface area contributed by atoms with E-state index in [4.69, 9.17) is 5.73 Å². The topological polar surface area (TPSA) is 55.1 Å². The summed E-state index contributed by atoms with van der Waals surface area (Å²) in [6, 6.07) is 1.99. The van der Waals surface area contributed by atoms with Gasteiger partial charge in [0.15, 0.2) is 0 Å². The first-order chi connectivity index (χ1) is 6.62. The van der Waals surface area contributed by atoms with Crippen molar-refractivity contribution in [3.63, 3.8) is 0 Å². The predicted octanol–water partition coefficient (Wildman–Crippen LogP) is 1.62. The summed E-state index contributed by atoms with van der Waals surface area (Å²) in [5, 5.41) is 4.83. The molecular formula is C9H11BrN2OS. The van der Waals surface area contributed by atoms with Crippen LogP contribution in [-0.2, 0) is 11.3 Å². The second kappa shape index (κ2) is 3.64. The lowest BCUT2D eigenvalue weighted by Gasteiger charge is -2.09. The molecule has 0 radical (unpaired) electrons. The Bertz CT molecular complexity index is 359. The van der Waals surface area contributed by atoms with Crippen LogP contribution in [0.5, 0.6) is 0 Å². The quantitative estimate of drug-likeness (QED) is 0.880. The Kier molecular flexibility index (Phi) is 2.64. The van der Waals surface area contributed by atoms with Gasteiger partial charge in [0.2, 0.25) is 5.91 Å². The molecule has 1 aromatic rings. The third kappa shape index (κ3) is 1.99. The normalized spacial score (nSPS) is 17.9. The van der Waals surface area contributed by atoms with Gasteiger partial charge in [0.05, 0.1) is 9.33 Å². The molecule has 1 heterocycles. The van der Waals surface area contributed by atoms with Gasteiger partial charge in [0.1, 0.15) is 0 Å². The zero-order chi connectivity index (χ0) is 10.2. The van der Waals surface area contributed by atoms with Gasteiger partial charge in [0, 0.05) is 6.54 Å². The highest BCUT2D eigenvalue weighted by molar-refractivity contribution is 9.11. The average molecular weight is 275 g/mol. The van der Waals surface area contributed by atoms with E-state index in [0.717, 1.165) is 22.2 Å². The van der Waals surface area contributed by atoms with Gasteiger partial charge in [-0.15, -0.1) is 11.3 Å². The van der Waals surface area contributed by atoms with Crippen molar-refractivity contribution in [3.8, 4) is 0 Å². The lowest BCUT2D eigenvalue weighted by atomic mass is 10.2. The van der Waals surface area contributed by atoms with Crippen LogP contribution in [-0.4, -0.2) is 11.4 Å². The van der Waals surface area contributed by atoms with Crippen molar-refractivity contribution in [1.82, 2.24) is 5.32 Å². The average Bonchev–Trinajstić information content (AvgIpc) is 2.77. The Hall–Kier alpha value is -0.390. The van der Waals surface area contributed by atoms with Crippen LogP contribution in [0, 0.1) is 0 Å². The molecule has 1 saturated carbocycles. The minimum Gasteiger partial charge on any atom is -0.350 e. The molecule has 3 N–H and O–H groups in total. The molecule has 0 unspecified atom stereocenters. The van der Waals surface area contributed by atoms with E-state index in [1.54, 1.807) is 11.3 Å². The number of nitrogens with one attached hydrogen (secondary N) is 1. The molecule has 0 saturated heterocycles. The maximum Gasteiger partial charge on any atom is 0.240 e. The molecule has 0 bridgehead atoms. The standard InChI is InChI=1S/C9H11BrN2OS/c10-7-6(1-4-14-7)5-12-8(13)9(11)2-3-9/h1,4H,2-3,5,11H2,(H,12,13). The molecule has 76 valence electrons. The molecule has 1 fully saturated rings. The second-order valence-corrected chi connectivity index (χ2v) is 5.79. The van der Waals surface area contributed by atoms with Crippen LogP contribution in [0.4, 0.5) is 0 Å². The molecule has 0 spiro atoms. The van der Waals surface area contributed by atoms with E-state index in [-0.39, 0.29) is 5.91 Å². The number of nitrogens with two attached hydrogens (primary N) is 1. The fourth-order valence-corrected chi connectivity index (χ4v) is 2.40. The van der Waals surface area contributed by atoms with Crippen LogP contribution < -0.4 is 11.1 Å². The smallest absolute Gasteiger partial charge is 0.240 e. The number of halogens is 1. The molecule has 0 aromatic carbocycles. The first-order valence-corrected chi connectivity index (χ1v) is 6.08. The zero-order valence-electron chi connectivity index (χ0n) is 7.55. The zero-order valence-corrected chi connectivity index (χ0v) is 9.95. The summed E-state index contributed by atoms with van der Waals surface area (Å²) >= 11 is 5.03. The third-order valence-corrected chi connectivity index (χ3v) is 4.18. The Balaban J connectivity index is 1.89. The molecule has 1 aliphatic carbocycles. The Labute approximate surface area is 94.8 Å². The van der Waals surface area contributed by atoms with Gasteiger partial charge < -0.3 is 11.1 Å². The molecule has 1 aromatic heterocycles. The van der Waals surface area contributed by atoms with Gasteiger partial charge in [-0.3, -0.25) is 4.79 Å². The highest BCUT2D eigenvalue weighted by Crippen LogP contribution is 2.32. The maximum atomic E-state index is 11.5. The van der Waals surface area contributed by atoms with Gasteiger partial charge >= 0.3 is 0 Å². The van der Waals surface area contributed by atoms with Crippen molar-refractivity contribution in [1.29, 1.82) is 0 Å². The monoisotopic (exact) mass is 274 g/mol. The maximum absolute atomic E-state index is 11.5. The molecule has 14 heavy (non-hydrogen) atoms. The summed E-state index contributed by atoms with van der Waals surface area (Å²) in [5.41, 5.74) is 6.28.